The van der Waals surface area contributed by atoms with Gasteiger partial charge in [-0.25, -0.2) is 0 Å². The third-order valence-electron chi connectivity index (χ3n) is 2.66. The molecule has 0 atom stereocenters. The van der Waals surface area contributed by atoms with Gasteiger partial charge in [-0.3, -0.25) is 14.9 Å². The molecule has 0 N–H and O–H groups in total. The summed E-state index contributed by atoms with van der Waals surface area (Å²) in [6, 6.07) is 8.83. The highest BCUT2D eigenvalue weighted by molar-refractivity contribution is 9.10. The number of Topliss-reactive ketones (excluding diaryl/α,β-unsaturated/α-hetero) is 1. The lowest BCUT2D eigenvalue weighted by Gasteiger charge is -2.10. The Balaban J connectivity index is 2.50. The quantitative estimate of drug-likeness (QED) is 0.431. The molecule has 108 valence electrons. The van der Waals surface area contributed by atoms with Crippen molar-refractivity contribution in [3.63, 3.8) is 0 Å². The minimum atomic E-state index is -0.571. The summed E-state index contributed by atoms with van der Waals surface area (Å²) in [5.41, 5.74) is 0.0930. The molecule has 7 heteroatoms. The van der Waals surface area contributed by atoms with Crippen LogP contribution in [0, 0.1) is 10.1 Å². The minimum absolute atomic E-state index is 0.0164. The van der Waals surface area contributed by atoms with Gasteiger partial charge in [-0.2, -0.15) is 0 Å². The first-order chi connectivity index (χ1) is 9.88. The number of ether oxygens (including phenoxy) is 1. The van der Waals surface area contributed by atoms with Gasteiger partial charge in [0.15, 0.2) is 5.78 Å². The maximum atomic E-state index is 11.6. The number of rotatable bonds is 4. The average Bonchev–Trinajstić information content (AvgIpc) is 2.40. The Bertz CT molecular complexity index is 733. The first-order valence-electron chi connectivity index (χ1n) is 5.81. The lowest BCUT2D eigenvalue weighted by molar-refractivity contribution is -0.385. The summed E-state index contributed by atoms with van der Waals surface area (Å²) >= 11 is 9.10. The summed E-state index contributed by atoms with van der Waals surface area (Å²) in [7, 11) is 0. The number of nitrogens with zero attached hydrogens (tertiary/aromatic N) is 1. The Morgan fingerprint density at radius 1 is 1.24 bits per heavy atom. The van der Waals surface area contributed by atoms with Gasteiger partial charge in [0.1, 0.15) is 5.75 Å². The molecule has 0 aliphatic heterocycles. The zero-order valence-corrected chi connectivity index (χ0v) is 13.1. The predicted molar refractivity (Wildman–Crippen MR) is 82.3 cm³/mol. The fourth-order valence-corrected chi connectivity index (χ4v) is 2.23. The molecule has 0 saturated carbocycles. The Kier molecular flexibility index (Phi) is 4.59. The predicted octanol–water partition coefficient (Wildman–Crippen LogP) is 5.01. The van der Waals surface area contributed by atoms with Crippen LogP contribution in [0.3, 0.4) is 0 Å². The normalized spacial score (nSPS) is 10.2. The van der Waals surface area contributed by atoms with Gasteiger partial charge in [0.05, 0.1) is 10.5 Å². The van der Waals surface area contributed by atoms with E-state index in [0.717, 1.165) is 0 Å². The Morgan fingerprint density at radius 2 is 1.95 bits per heavy atom. The van der Waals surface area contributed by atoms with Gasteiger partial charge in [0.2, 0.25) is 5.75 Å². The van der Waals surface area contributed by atoms with E-state index in [9.17, 15) is 14.9 Å². The lowest BCUT2D eigenvalue weighted by Crippen LogP contribution is -1.99. The Morgan fingerprint density at radius 3 is 2.57 bits per heavy atom. The van der Waals surface area contributed by atoms with Crippen LogP contribution < -0.4 is 4.74 Å². The number of benzene rings is 2. The van der Waals surface area contributed by atoms with E-state index in [-0.39, 0.29) is 23.0 Å². The molecule has 2 aromatic rings. The molecule has 0 heterocycles. The molecule has 0 saturated heterocycles. The topological polar surface area (TPSA) is 69.4 Å². The maximum Gasteiger partial charge on any atom is 0.311 e. The van der Waals surface area contributed by atoms with Crippen LogP contribution in [0.15, 0.2) is 40.9 Å². The summed E-state index contributed by atoms with van der Waals surface area (Å²) in [6.07, 6.45) is 0. The van der Waals surface area contributed by atoms with Crippen molar-refractivity contribution in [1.82, 2.24) is 0 Å². The molecule has 0 aliphatic rings. The van der Waals surface area contributed by atoms with Crippen molar-refractivity contribution in [2.24, 2.45) is 0 Å². The number of nitro benzene ring substituents is 1. The zero-order valence-electron chi connectivity index (χ0n) is 10.8. The van der Waals surface area contributed by atoms with E-state index in [2.05, 4.69) is 15.9 Å². The first-order valence-corrected chi connectivity index (χ1v) is 6.98. The van der Waals surface area contributed by atoms with Gasteiger partial charge >= 0.3 is 5.69 Å². The summed E-state index contributed by atoms with van der Waals surface area (Å²) in [4.78, 5) is 22.1. The van der Waals surface area contributed by atoms with Gasteiger partial charge in [-0.15, -0.1) is 0 Å². The molecule has 5 nitrogen and oxygen atoms in total. The van der Waals surface area contributed by atoms with Crippen molar-refractivity contribution in [2.45, 2.75) is 6.92 Å². The van der Waals surface area contributed by atoms with E-state index >= 15 is 0 Å². The van der Waals surface area contributed by atoms with Crippen LogP contribution in [0.5, 0.6) is 11.5 Å². The molecule has 2 aromatic carbocycles. The van der Waals surface area contributed by atoms with Gasteiger partial charge in [-0.05, 0) is 31.2 Å². The maximum absolute atomic E-state index is 11.6. The smallest absolute Gasteiger partial charge is 0.311 e. The number of nitro groups is 1. The van der Waals surface area contributed by atoms with Crippen molar-refractivity contribution < 1.29 is 14.5 Å². The fourth-order valence-electron chi connectivity index (χ4n) is 1.71. The molecular formula is C14H9BrClNO4. The third-order valence-corrected chi connectivity index (χ3v) is 3.39. The molecule has 0 amide bonds. The van der Waals surface area contributed by atoms with Crippen LogP contribution in [0.4, 0.5) is 5.69 Å². The monoisotopic (exact) mass is 369 g/mol. The number of hydrogen-bond acceptors (Lipinski definition) is 4. The molecule has 2 rings (SSSR count). The Hall–Kier alpha value is -1.92. The second-order valence-corrected chi connectivity index (χ2v) is 5.52. The molecule has 21 heavy (non-hydrogen) atoms. The summed E-state index contributed by atoms with van der Waals surface area (Å²) in [5.74, 6) is 0.00405. The van der Waals surface area contributed by atoms with Crippen LogP contribution in [0.2, 0.25) is 5.02 Å². The molecule has 0 aromatic heterocycles. The van der Waals surface area contributed by atoms with Crippen molar-refractivity contribution in [3.8, 4) is 11.5 Å². The van der Waals surface area contributed by atoms with Crippen LogP contribution in [-0.4, -0.2) is 10.7 Å². The van der Waals surface area contributed by atoms with Crippen molar-refractivity contribution in [3.05, 3.63) is 61.6 Å². The molecule has 0 aliphatic carbocycles. The van der Waals surface area contributed by atoms with Crippen molar-refractivity contribution in [2.75, 3.05) is 0 Å². The van der Waals surface area contributed by atoms with E-state index in [0.29, 0.717) is 15.1 Å². The minimum Gasteiger partial charge on any atom is -0.449 e. The highest BCUT2D eigenvalue weighted by Gasteiger charge is 2.18. The van der Waals surface area contributed by atoms with E-state index in [1.807, 2.05) is 0 Å². The number of carbonyl (C=O) groups is 1. The van der Waals surface area contributed by atoms with Crippen molar-refractivity contribution >= 4 is 39.0 Å². The average molecular weight is 371 g/mol. The van der Waals surface area contributed by atoms with Gasteiger partial charge in [0.25, 0.3) is 0 Å². The van der Waals surface area contributed by atoms with Crippen LogP contribution in [0.25, 0.3) is 0 Å². The fraction of sp³-hybridized carbons (Fsp3) is 0.0714. The van der Waals surface area contributed by atoms with Crippen molar-refractivity contribution in [1.29, 1.82) is 0 Å². The first kappa shape index (κ1) is 15.5. The third kappa shape index (κ3) is 3.59. The molecule has 0 fully saturated rings. The van der Waals surface area contributed by atoms with E-state index < -0.39 is 4.92 Å². The molecule has 0 radical (unpaired) electrons. The van der Waals surface area contributed by atoms with Crippen LogP contribution in [-0.2, 0) is 0 Å². The van der Waals surface area contributed by atoms with Crippen LogP contribution >= 0.6 is 27.5 Å². The number of ketones is 1. The van der Waals surface area contributed by atoms with E-state index in [1.165, 1.54) is 25.1 Å². The second-order valence-electron chi connectivity index (χ2n) is 4.17. The molecule has 0 bridgehead atoms. The summed E-state index contributed by atoms with van der Waals surface area (Å²) in [5, 5.41) is 11.3. The highest BCUT2D eigenvalue weighted by atomic mass is 79.9. The number of halogens is 2. The highest BCUT2D eigenvalue weighted by Crippen LogP contribution is 2.35. The number of carbonyl (C=O) groups excluding carboxylic acids is 1. The van der Waals surface area contributed by atoms with Crippen LogP contribution in [0.1, 0.15) is 17.3 Å². The van der Waals surface area contributed by atoms with Gasteiger partial charge < -0.3 is 4.74 Å². The van der Waals surface area contributed by atoms with Gasteiger partial charge in [0, 0.05) is 21.6 Å². The Labute approximate surface area is 133 Å². The van der Waals surface area contributed by atoms with E-state index in [4.69, 9.17) is 16.3 Å². The molecule has 0 unspecified atom stereocenters. The molecule has 0 spiro atoms. The zero-order chi connectivity index (χ0) is 15.6. The summed E-state index contributed by atoms with van der Waals surface area (Å²) in [6.45, 7) is 1.39. The second kappa shape index (κ2) is 6.24. The number of hydrogen-bond donors (Lipinski definition) is 0. The summed E-state index contributed by atoms with van der Waals surface area (Å²) < 4.78 is 6.24. The van der Waals surface area contributed by atoms with Gasteiger partial charge in [-0.1, -0.05) is 27.5 Å². The largest absolute Gasteiger partial charge is 0.449 e. The van der Waals surface area contributed by atoms with E-state index in [1.54, 1.807) is 18.2 Å². The molecular weight excluding hydrogens is 362 g/mol. The SMILES string of the molecule is CC(=O)c1cc(Br)ccc1Oc1cc(Cl)ccc1[N+](=O)[O-]. The standard InChI is InChI=1S/C14H9BrClNO4/c1-8(18)11-6-9(15)2-5-13(11)21-14-7-10(16)3-4-12(14)17(19)20/h2-7H,1H3. The lowest BCUT2D eigenvalue weighted by atomic mass is 10.1.